The Balaban J connectivity index is 1.60. The van der Waals surface area contributed by atoms with Gasteiger partial charge in [-0.05, 0) is 36.4 Å². The summed E-state index contributed by atoms with van der Waals surface area (Å²) in [5.41, 5.74) is 2.60. The lowest BCUT2D eigenvalue weighted by molar-refractivity contribution is 0.415. The quantitative estimate of drug-likeness (QED) is 0.576. The molecule has 7 nitrogen and oxygen atoms in total. The summed E-state index contributed by atoms with van der Waals surface area (Å²) in [7, 11) is 1.63. The molecule has 0 aliphatic heterocycles. The summed E-state index contributed by atoms with van der Waals surface area (Å²) in [5, 5.41) is 16.4. The summed E-state index contributed by atoms with van der Waals surface area (Å²) in [6.07, 6.45) is 0. The number of rotatable bonds is 4. The molecule has 0 aliphatic carbocycles. The lowest BCUT2D eigenvalue weighted by Gasteiger charge is -1.99. The van der Waals surface area contributed by atoms with Gasteiger partial charge in [-0.25, -0.2) is 4.68 Å². The molecule has 0 atom stereocenters. The summed E-state index contributed by atoms with van der Waals surface area (Å²) < 4.78 is 12.6. The molecule has 0 fully saturated rings. The molecular formula is C16H13N5O2. The number of aromatic nitrogens is 5. The minimum atomic E-state index is 0.379. The molecule has 0 spiro atoms. The van der Waals surface area contributed by atoms with Crippen molar-refractivity contribution in [1.29, 1.82) is 0 Å². The van der Waals surface area contributed by atoms with Gasteiger partial charge in [0.2, 0.25) is 11.8 Å². The monoisotopic (exact) mass is 307 g/mol. The zero-order valence-electron chi connectivity index (χ0n) is 12.4. The van der Waals surface area contributed by atoms with Crippen molar-refractivity contribution in [2.45, 2.75) is 6.54 Å². The fraction of sp³-hybridized carbons (Fsp3) is 0.125. The molecule has 0 saturated heterocycles. The molecule has 2 aromatic carbocycles. The first-order valence-electron chi connectivity index (χ1n) is 7.08. The van der Waals surface area contributed by atoms with Crippen LogP contribution in [0.15, 0.2) is 52.9 Å². The summed E-state index contributed by atoms with van der Waals surface area (Å²) in [5.74, 6) is 1.72. The molecular weight excluding hydrogens is 294 g/mol. The third-order valence-corrected chi connectivity index (χ3v) is 3.51. The van der Waals surface area contributed by atoms with Crippen LogP contribution in [-0.2, 0) is 6.54 Å². The minimum Gasteiger partial charge on any atom is -0.497 e. The average Bonchev–Trinajstić information content (AvgIpc) is 3.23. The zero-order valence-corrected chi connectivity index (χ0v) is 12.4. The molecule has 4 rings (SSSR count). The highest BCUT2D eigenvalue weighted by Gasteiger charge is 2.11. The number of hydrogen-bond donors (Lipinski definition) is 0. The highest BCUT2D eigenvalue weighted by Crippen LogP contribution is 2.21. The summed E-state index contributed by atoms with van der Waals surface area (Å²) in [6, 6.07) is 15.2. The maximum absolute atomic E-state index is 5.71. The van der Waals surface area contributed by atoms with E-state index in [9.17, 15) is 0 Å². The van der Waals surface area contributed by atoms with E-state index in [0.29, 0.717) is 18.3 Å². The summed E-state index contributed by atoms with van der Waals surface area (Å²) in [4.78, 5) is 0. The number of methoxy groups -OCH3 is 1. The molecule has 0 unspecified atom stereocenters. The molecule has 2 heterocycles. The Morgan fingerprint density at radius 3 is 2.65 bits per heavy atom. The highest BCUT2D eigenvalue weighted by molar-refractivity contribution is 5.73. The molecule has 0 amide bonds. The van der Waals surface area contributed by atoms with Crippen LogP contribution >= 0.6 is 0 Å². The van der Waals surface area contributed by atoms with Gasteiger partial charge in [-0.2, -0.15) is 0 Å². The second-order valence-electron chi connectivity index (χ2n) is 4.97. The first kappa shape index (κ1) is 13.4. The lowest BCUT2D eigenvalue weighted by atomic mass is 10.2. The predicted octanol–water partition coefficient (Wildman–Crippen LogP) is 2.54. The van der Waals surface area contributed by atoms with Gasteiger partial charge in [-0.3, -0.25) is 0 Å². The van der Waals surface area contributed by atoms with Gasteiger partial charge >= 0.3 is 0 Å². The van der Waals surface area contributed by atoms with Gasteiger partial charge in [0, 0.05) is 5.56 Å². The Morgan fingerprint density at radius 1 is 1.00 bits per heavy atom. The first-order valence-corrected chi connectivity index (χ1v) is 7.08. The molecule has 23 heavy (non-hydrogen) atoms. The highest BCUT2D eigenvalue weighted by atomic mass is 16.5. The van der Waals surface area contributed by atoms with Gasteiger partial charge in [0.1, 0.15) is 17.8 Å². The van der Waals surface area contributed by atoms with Crippen molar-refractivity contribution in [2.75, 3.05) is 7.11 Å². The van der Waals surface area contributed by atoms with Crippen molar-refractivity contribution >= 4 is 11.0 Å². The van der Waals surface area contributed by atoms with Crippen molar-refractivity contribution < 1.29 is 9.15 Å². The van der Waals surface area contributed by atoms with Crippen LogP contribution in [0.2, 0.25) is 0 Å². The first-order chi connectivity index (χ1) is 11.3. The van der Waals surface area contributed by atoms with Gasteiger partial charge < -0.3 is 9.15 Å². The molecule has 114 valence electrons. The van der Waals surface area contributed by atoms with Crippen LogP contribution in [0.5, 0.6) is 5.75 Å². The van der Waals surface area contributed by atoms with Gasteiger partial charge in [0.15, 0.2) is 0 Å². The van der Waals surface area contributed by atoms with Crippen LogP contribution in [-0.4, -0.2) is 32.3 Å². The number of para-hydroxylation sites is 1. The fourth-order valence-corrected chi connectivity index (χ4v) is 2.33. The molecule has 2 aromatic heterocycles. The molecule has 7 heteroatoms. The van der Waals surface area contributed by atoms with Gasteiger partial charge in [0.25, 0.3) is 0 Å². The van der Waals surface area contributed by atoms with Crippen molar-refractivity contribution in [1.82, 2.24) is 25.2 Å². The van der Waals surface area contributed by atoms with E-state index in [4.69, 9.17) is 9.15 Å². The largest absolute Gasteiger partial charge is 0.497 e. The fourth-order valence-electron chi connectivity index (χ4n) is 2.33. The van der Waals surface area contributed by atoms with Gasteiger partial charge in [-0.1, -0.05) is 17.3 Å². The van der Waals surface area contributed by atoms with Crippen molar-refractivity contribution in [2.24, 2.45) is 0 Å². The number of hydrogen-bond acceptors (Lipinski definition) is 6. The average molecular weight is 307 g/mol. The molecule has 0 radical (unpaired) electrons. The van der Waals surface area contributed by atoms with Crippen LogP contribution in [0, 0.1) is 0 Å². The molecule has 0 N–H and O–H groups in total. The topological polar surface area (TPSA) is 78.9 Å². The van der Waals surface area contributed by atoms with E-state index in [0.717, 1.165) is 22.3 Å². The normalized spacial score (nSPS) is 11.0. The van der Waals surface area contributed by atoms with Crippen LogP contribution < -0.4 is 4.74 Å². The van der Waals surface area contributed by atoms with Crippen LogP contribution in [0.1, 0.15) is 5.89 Å². The molecule has 0 saturated carbocycles. The standard InChI is InChI=1S/C16H13N5O2/c1-22-12-8-6-11(7-9-12)16-19-18-15(23-16)10-21-14-5-3-2-4-13(14)17-20-21/h2-9H,10H2,1H3. The Hall–Kier alpha value is -3.22. The van der Waals surface area contributed by atoms with E-state index in [1.165, 1.54) is 0 Å². The van der Waals surface area contributed by atoms with Crippen molar-refractivity contribution in [3.63, 3.8) is 0 Å². The van der Waals surface area contributed by atoms with E-state index < -0.39 is 0 Å². The van der Waals surface area contributed by atoms with Gasteiger partial charge in [0.05, 0.1) is 12.6 Å². The second kappa shape index (κ2) is 5.53. The van der Waals surface area contributed by atoms with Crippen molar-refractivity contribution in [3.8, 4) is 17.2 Å². The minimum absolute atomic E-state index is 0.379. The van der Waals surface area contributed by atoms with Crippen LogP contribution in [0.3, 0.4) is 0 Å². The maximum atomic E-state index is 5.71. The van der Waals surface area contributed by atoms with Crippen LogP contribution in [0.4, 0.5) is 0 Å². The Bertz CT molecular complexity index is 942. The Morgan fingerprint density at radius 2 is 1.83 bits per heavy atom. The van der Waals surface area contributed by atoms with E-state index >= 15 is 0 Å². The van der Waals surface area contributed by atoms with Gasteiger partial charge in [-0.15, -0.1) is 15.3 Å². The van der Waals surface area contributed by atoms with Crippen LogP contribution in [0.25, 0.3) is 22.5 Å². The third kappa shape index (κ3) is 2.52. The van der Waals surface area contributed by atoms with E-state index in [-0.39, 0.29) is 0 Å². The smallest absolute Gasteiger partial charge is 0.247 e. The molecule has 4 aromatic rings. The predicted molar refractivity (Wildman–Crippen MR) is 82.9 cm³/mol. The number of benzene rings is 2. The lowest BCUT2D eigenvalue weighted by Crippen LogP contribution is -2.02. The SMILES string of the molecule is COc1ccc(-c2nnc(Cn3nnc4ccccc43)o2)cc1. The molecule has 0 bridgehead atoms. The second-order valence-corrected chi connectivity index (χ2v) is 4.97. The van der Waals surface area contributed by atoms with E-state index in [1.807, 2.05) is 48.5 Å². The summed E-state index contributed by atoms with van der Waals surface area (Å²) >= 11 is 0. The number of nitrogens with zero attached hydrogens (tertiary/aromatic N) is 5. The summed E-state index contributed by atoms with van der Waals surface area (Å²) in [6.45, 7) is 0.379. The number of fused-ring (bicyclic) bond motifs is 1. The molecule has 0 aliphatic rings. The maximum Gasteiger partial charge on any atom is 0.247 e. The Labute approximate surface area is 131 Å². The number of ether oxygens (including phenoxy) is 1. The zero-order chi connectivity index (χ0) is 15.6. The van der Waals surface area contributed by atoms with E-state index in [1.54, 1.807) is 11.8 Å². The third-order valence-electron chi connectivity index (χ3n) is 3.51. The van der Waals surface area contributed by atoms with Crippen molar-refractivity contribution in [3.05, 3.63) is 54.4 Å². The Kier molecular flexibility index (Phi) is 3.23. The van der Waals surface area contributed by atoms with E-state index in [2.05, 4.69) is 20.5 Å².